The molecule has 0 radical (unpaired) electrons. The first-order valence-electron chi connectivity index (χ1n) is 7.53. The fraction of sp³-hybridized carbons (Fsp3) is 0.105. The Hall–Kier alpha value is -3.15. The molecule has 1 amide bonds. The number of benzene rings is 2. The summed E-state index contributed by atoms with van der Waals surface area (Å²) in [6.07, 6.45) is 0. The predicted molar refractivity (Wildman–Crippen MR) is 88.2 cm³/mol. The van der Waals surface area contributed by atoms with Crippen LogP contribution in [0.2, 0.25) is 0 Å². The topological polar surface area (TPSA) is 51.5 Å². The van der Waals surface area contributed by atoms with Gasteiger partial charge in [0, 0.05) is 12.1 Å². The number of furan rings is 1. The number of carbonyl (C=O) groups is 1. The van der Waals surface area contributed by atoms with E-state index in [0.29, 0.717) is 16.9 Å². The van der Waals surface area contributed by atoms with E-state index in [-0.39, 0.29) is 23.9 Å². The van der Waals surface area contributed by atoms with Crippen LogP contribution in [-0.2, 0) is 6.54 Å². The van der Waals surface area contributed by atoms with Crippen molar-refractivity contribution in [3.05, 3.63) is 77.6 Å². The quantitative estimate of drug-likeness (QED) is 0.757. The van der Waals surface area contributed by atoms with Gasteiger partial charge in [-0.15, -0.1) is 0 Å². The number of carbonyl (C=O) groups excluding carboxylic acids is 1. The van der Waals surface area contributed by atoms with Gasteiger partial charge in [-0.3, -0.25) is 4.79 Å². The lowest BCUT2D eigenvalue weighted by Gasteiger charge is -2.06. The molecule has 128 valence electrons. The van der Waals surface area contributed by atoms with Crippen molar-refractivity contribution < 1.29 is 22.7 Å². The number of rotatable bonds is 5. The summed E-state index contributed by atoms with van der Waals surface area (Å²) in [6, 6.07) is 13.4. The Morgan fingerprint density at radius 1 is 1.08 bits per heavy atom. The summed E-state index contributed by atoms with van der Waals surface area (Å²) in [5.41, 5.74) is 1.26. The summed E-state index contributed by atoms with van der Waals surface area (Å²) in [4.78, 5) is 12.1. The van der Waals surface area contributed by atoms with E-state index in [1.807, 2.05) is 0 Å². The van der Waals surface area contributed by atoms with Gasteiger partial charge in [-0.1, -0.05) is 6.07 Å². The molecule has 0 fully saturated rings. The minimum absolute atomic E-state index is 0.119. The van der Waals surface area contributed by atoms with Crippen LogP contribution in [0.25, 0.3) is 11.3 Å². The third kappa shape index (κ3) is 3.85. The SMILES string of the molecule is COc1ccc(CNC(=O)c2ccc(-c3ccc(F)cc3)o2)cc1F. The van der Waals surface area contributed by atoms with Crippen molar-refractivity contribution >= 4 is 5.91 Å². The number of hydrogen-bond acceptors (Lipinski definition) is 3. The molecule has 3 aromatic rings. The number of hydrogen-bond donors (Lipinski definition) is 1. The number of halogens is 2. The summed E-state index contributed by atoms with van der Waals surface area (Å²) in [5, 5.41) is 2.65. The Balaban J connectivity index is 1.66. The number of methoxy groups -OCH3 is 1. The molecule has 6 heteroatoms. The van der Waals surface area contributed by atoms with E-state index < -0.39 is 11.7 Å². The van der Waals surface area contributed by atoms with Gasteiger partial charge in [-0.05, 0) is 54.1 Å². The van der Waals surface area contributed by atoms with Gasteiger partial charge in [-0.25, -0.2) is 8.78 Å². The second-order valence-corrected chi connectivity index (χ2v) is 5.32. The zero-order valence-corrected chi connectivity index (χ0v) is 13.4. The largest absolute Gasteiger partial charge is 0.494 e. The summed E-state index contributed by atoms with van der Waals surface area (Å²) in [7, 11) is 1.38. The van der Waals surface area contributed by atoms with Crippen LogP contribution in [0.4, 0.5) is 8.78 Å². The molecule has 2 aromatic carbocycles. The monoisotopic (exact) mass is 343 g/mol. The molecule has 1 heterocycles. The molecule has 0 atom stereocenters. The van der Waals surface area contributed by atoms with Crippen LogP contribution in [0, 0.1) is 11.6 Å². The average molecular weight is 343 g/mol. The summed E-state index contributed by atoms with van der Waals surface area (Å²) in [5.74, 6) is -0.547. The molecule has 4 nitrogen and oxygen atoms in total. The van der Waals surface area contributed by atoms with Gasteiger partial charge in [0.1, 0.15) is 11.6 Å². The molecule has 0 aliphatic rings. The highest BCUT2D eigenvalue weighted by atomic mass is 19.1. The highest BCUT2D eigenvalue weighted by molar-refractivity contribution is 5.92. The zero-order chi connectivity index (χ0) is 17.8. The van der Waals surface area contributed by atoms with Gasteiger partial charge < -0.3 is 14.5 Å². The van der Waals surface area contributed by atoms with Crippen LogP contribution >= 0.6 is 0 Å². The first kappa shape index (κ1) is 16.7. The van der Waals surface area contributed by atoms with Crippen molar-refractivity contribution in [2.75, 3.05) is 7.11 Å². The summed E-state index contributed by atoms with van der Waals surface area (Å²) >= 11 is 0. The molecule has 0 bridgehead atoms. The lowest BCUT2D eigenvalue weighted by molar-refractivity contribution is 0.0924. The average Bonchev–Trinajstić information content (AvgIpc) is 3.10. The van der Waals surface area contributed by atoms with Crippen molar-refractivity contribution in [2.24, 2.45) is 0 Å². The molecule has 0 spiro atoms. The number of ether oxygens (including phenoxy) is 1. The first-order valence-corrected chi connectivity index (χ1v) is 7.53. The second-order valence-electron chi connectivity index (χ2n) is 5.32. The highest BCUT2D eigenvalue weighted by Gasteiger charge is 2.12. The standard InChI is InChI=1S/C19H15F2NO3/c1-24-17-7-2-12(10-15(17)21)11-22-19(23)18-9-8-16(25-18)13-3-5-14(20)6-4-13/h2-10H,11H2,1H3,(H,22,23). The maximum Gasteiger partial charge on any atom is 0.287 e. The number of nitrogens with one attached hydrogen (secondary N) is 1. The van der Waals surface area contributed by atoms with E-state index in [9.17, 15) is 13.6 Å². The zero-order valence-electron chi connectivity index (χ0n) is 13.4. The first-order chi connectivity index (χ1) is 12.1. The molecule has 0 unspecified atom stereocenters. The van der Waals surface area contributed by atoms with Crippen LogP contribution in [0.3, 0.4) is 0 Å². The molecular weight excluding hydrogens is 328 g/mol. The van der Waals surface area contributed by atoms with E-state index >= 15 is 0 Å². The van der Waals surface area contributed by atoms with Crippen molar-refractivity contribution in [3.63, 3.8) is 0 Å². The van der Waals surface area contributed by atoms with Gasteiger partial charge in [-0.2, -0.15) is 0 Å². The Morgan fingerprint density at radius 3 is 2.52 bits per heavy atom. The van der Waals surface area contributed by atoms with Gasteiger partial charge in [0.2, 0.25) is 0 Å². The molecule has 1 aromatic heterocycles. The van der Waals surface area contributed by atoms with Gasteiger partial charge in [0.05, 0.1) is 7.11 Å². The Kier molecular flexibility index (Phi) is 4.79. The molecule has 0 saturated carbocycles. The van der Waals surface area contributed by atoms with Crippen LogP contribution < -0.4 is 10.1 Å². The lowest BCUT2D eigenvalue weighted by Crippen LogP contribution is -2.22. The van der Waals surface area contributed by atoms with Gasteiger partial charge >= 0.3 is 0 Å². The smallest absolute Gasteiger partial charge is 0.287 e. The lowest BCUT2D eigenvalue weighted by atomic mass is 10.2. The molecule has 3 rings (SSSR count). The van der Waals surface area contributed by atoms with Gasteiger partial charge in [0.25, 0.3) is 5.91 Å². The van der Waals surface area contributed by atoms with Crippen LogP contribution in [0.5, 0.6) is 5.75 Å². The van der Waals surface area contributed by atoms with E-state index in [1.165, 1.54) is 37.4 Å². The van der Waals surface area contributed by atoms with Crippen LogP contribution in [-0.4, -0.2) is 13.0 Å². The Morgan fingerprint density at radius 2 is 1.84 bits per heavy atom. The molecular formula is C19H15F2NO3. The van der Waals surface area contributed by atoms with Crippen molar-refractivity contribution in [3.8, 4) is 17.1 Å². The third-order valence-electron chi connectivity index (χ3n) is 3.63. The minimum atomic E-state index is -0.495. The third-order valence-corrected chi connectivity index (χ3v) is 3.63. The Bertz CT molecular complexity index is 888. The molecule has 0 aliphatic carbocycles. The second kappa shape index (κ2) is 7.17. The summed E-state index contributed by atoms with van der Waals surface area (Å²) < 4.78 is 36.9. The van der Waals surface area contributed by atoms with E-state index in [2.05, 4.69) is 5.32 Å². The van der Waals surface area contributed by atoms with E-state index in [0.717, 1.165) is 0 Å². The predicted octanol–water partition coefficient (Wildman–Crippen LogP) is 4.16. The highest BCUT2D eigenvalue weighted by Crippen LogP contribution is 2.22. The minimum Gasteiger partial charge on any atom is -0.494 e. The normalized spacial score (nSPS) is 10.5. The van der Waals surface area contributed by atoms with Crippen molar-refractivity contribution in [2.45, 2.75) is 6.54 Å². The van der Waals surface area contributed by atoms with Crippen molar-refractivity contribution in [1.29, 1.82) is 0 Å². The molecule has 0 aliphatic heterocycles. The Labute approximate surface area is 143 Å². The van der Waals surface area contributed by atoms with Gasteiger partial charge in [0.15, 0.2) is 17.3 Å². The van der Waals surface area contributed by atoms with E-state index in [4.69, 9.17) is 9.15 Å². The van der Waals surface area contributed by atoms with Crippen LogP contribution in [0.15, 0.2) is 59.0 Å². The summed E-state index contributed by atoms with van der Waals surface area (Å²) in [6.45, 7) is 0.145. The molecule has 0 saturated heterocycles. The fourth-order valence-corrected chi connectivity index (χ4v) is 2.32. The maximum absolute atomic E-state index is 13.6. The maximum atomic E-state index is 13.6. The van der Waals surface area contributed by atoms with Crippen LogP contribution in [0.1, 0.15) is 16.1 Å². The van der Waals surface area contributed by atoms with Crippen molar-refractivity contribution in [1.82, 2.24) is 5.32 Å². The number of amides is 1. The van der Waals surface area contributed by atoms with E-state index in [1.54, 1.807) is 24.3 Å². The molecule has 1 N–H and O–H groups in total. The fourth-order valence-electron chi connectivity index (χ4n) is 2.32. The molecule has 25 heavy (non-hydrogen) atoms.